The summed E-state index contributed by atoms with van der Waals surface area (Å²) in [6.45, 7) is 2.75. The Bertz CT molecular complexity index is 1110. The van der Waals surface area contributed by atoms with Gasteiger partial charge in [0.15, 0.2) is 5.16 Å². The molecule has 0 aliphatic carbocycles. The highest BCUT2D eigenvalue weighted by molar-refractivity contribution is 9.10. The average Bonchev–Trinajstić information content (AvgIpc) is 3.35. The van der Waals surface area contributed by atoms with Crippen LogP contribution in [0.5, 0.6) is 5.75 Å². The monoisotopic (exact) mass is 486 g/mol. The van der Waals surface area contributed by atoms with Crippen LogP contribution in [-0.2, 0) is 12.3 Å². The molecule has 0 saturated heterocycles. The van der Waals surface area contributed by atoms with Crippen LogP contribution in [0.4, 0.5) is 0 Å². The maximum absolute atomic E-state index is 5.49. The summed E-state index contributed by atoms with van der Waals surface area (Å²) >= 11 is 6.80. The fourth-order valence-electron chi connectivity index (χ4n) is 2.90. The third-order valence-corrected chi connectivity index (χ3v) is 6.80. The van der Waals surface area contributed by atoms with Gasteiger partial charge in [-0.2, -0.15) is 0 Å². The summed E-state index contributed by atoms with van der Waals surface area (Å²) in [4.78, 5) is 4.81. The highest BCUT2D eigenvalue weighted by Crippen LogP contribution is 2.35. The molecular formula is C21H19BrN4OS2. The average molecular weight is 487 g/mol. The summed E-state index contributed by atoms with van der Waals surface area (Å²) in [6.07, 6.45) is 0. The van der Waals surface area contributed by atoms with Crippen LogP contribution in [0.15, 0.2) is 63.5 Å². The lowest BCUT2D eigenvalue weighted by molar-refractivity contribution is 0.416. The van der Waals surface area contributed by atoms with Gasteiger partial charge in [-0.15, -0.1) is 21.5 Å². The zero-order chi connectivity index (χ0) is 20.2. The number of aromatic nitrogens is 4. The predicted octanol–water partition coefficient (Wildman–Crippen LogP) is 5.82. The Kier molecular flexibility index (Phi) is 6.32. The van der Waals surface area contributed by atoms with E-state index in [0.29, 0.717) is 0 Å². The van der Waals surface area contributed by atoms with Crippen LogP contribution in [0.1, 0.15) is 17.1 Å². The first-order valence-corrected chi connectivity index (χ1v) is 11.6. The molecule has 0 aliphatic heterocycles. The molecule has 2 heterocycles. The number of aryl methyl sites for hydroxylation is 1. The summed E-state index contributed by atoms with van der Waals surface area (Å²) in [6, 6.07) is 16.3. The molecule has 148 valence electrons. The minimum absolute atomic E-state index is 0.736. The number of hydrogen-bond donors (Lipinski definition) is 0. The van der Waals surface area contributed by atoms with Crippen molar-refractivity contribution in [1.82, 2.24) is 19.7 Å². The van der Waals surface area contributed by atoms with Gasteiger partial charge < -0.3 is 9.30 Å². The van der Waals surface area contributed by atoms with E-state index in [1.807, 2.05) is 31.2 Å². The number of methoxy groups -OCH3 is 1. The van der Waals surface area contributed by atoms with E-state index in [-0.39, 0.29) is 0 Å². The van der Waals surface area contributed by atoms with E-state index in [4.69, 9.17) is 9.72 Å². The van der Waals surface area contributed by atoms with Crippen molar-refractivity contribution in [3.63, 3.8) is 0 Å². The first-order chi connectivity index (χ1) is 14.1. The maximum Gasteiger partial charge on any atom is 0.191 e. The molecule has 2 aromatic heterocycles. The van der Waals surface area contributed by atoms with Crippen LogP contribution in [-0.4, -0.2) is 26.9 Å². The van der Waals surface area contributed by atoms with Gasteiger partial charge in [0.1, 0.15) is 16.6 Å². The van der Waals surface area contributed by atoms with Crippen molar-refractivity contribution < 1.29 is 4.74 Å². The Labute approximate surface area is 186 Å². The largest absolute Gasteiger partial charge is 0.496 e. The van der Waals surface area contributed by atoms with Gasteiger partial charge >= 0.3 is 0 Å². The zero-order valence-corrected chi connectivity index (χ0v) is 19.2. The molecule has 4 aromatic rings. The van der Waals surface area contributed by atoms with Gasteiger partial charge in [-0.3, -0.25) is 0 Å². The van der Waals surface area contributed by atoms with Gasteiger partial charge in [0, 0.05) is 15.6 Å². The normalized spacial score (nSPS) is 11.0. The van der Waals surface area contributed by atoms with E-state index < -0.39 is 0 Å². The molecule has 0 spiro atoms. The second-order valence-electron chi connectivity index (χ2n) is 6.38. The molecule has 8 heteroatoms. The van der Waals surface area contributed by atoms with Crippen molar-refractivity contribution >= 4 is 39.0 Å². The van der Waals surface area contributed by atoms with Gasteiger partial charge in [0.2, 0.25) is 0 Å². The van der Waals surface area contributed by atoms with Crippen LogP contribution < -0.4 is 4.74 Å². The first kappa shape index (κ1) is 20.1. The summed E-state index contributed by atoms with van der Waals surface area (Å²) < 4.78 is 8.63. The highest BCUT2D eigenvalue weighted by atomic mass is 79.9. The van der Waals surface area contributed by atoms with Crippen LogP contribution in [0.25, 0.3) is 10.6 Å². The molecule has 0 bridgehead atoms. The predicted molar refractivity (Wildman–Crippen MR) is 122 cm³/mol. The molecule has 0 radical (unpaired) electrons. The number of halogens is 1. The number of benzene rings is 2. The minimum Gasteiger partial charge on any atom is -0.496 e. The number of hydrogen-bond acceptors (Lipinski definition) is 6. The molecule has 2 aromatic carbocycles. The van der Waals surface area contributed by atoms with Crippen molar-refractivity contribution in [2.24, 2.45) is 0 Å². The standard InChI is InChI=1S/C21H19BrN4OS2/c1-14-24-25-21(26(14)11-15-6-4-3-5-7-15)29-13-17-12-28-20(23-17)18-10-16(22)8-9-19(18)27-2/h3-10,12H,11,13H2,1-2H3. The van der Waals surface area contributed by atoms with E-state index in [1.54, 1.807) is 30.2 Å². The molecular weight excluding hydrogens is 468 g/mol. The lowest BCUT2D eigenvalue weighted by Gasteiger charge is -2.08. The Morgan fingerprint density at radius 2 is 1.97 bits per heavy atom. The van der Waals surface area contributed by atoms with Gasteiger partial charge in [0.05, 0.1) is 24.9 Å². The maximum atomic E-state index is 5.49. The molecule has 0 saturated carbocycles. The zero-order valence-electron chi connectivity index (χ0n) is 16.0. The van der Waals surface area contributed by atoms with Crippen LogP contribution in [0, 0.1) is 6.92 Å². The smallest absolute Gasteiger partial charge is 0.191 e. The van der Waals surface area contributed by atoms with Crippen molar-refractivity contribution in [2.45, 2.75) is 24.4 Å². The second-order valence-corrected chi connectivity index (χ2v) is 9.10. The van der Waals surface area contributed by atoms with Crippen molar-refractivity contribution in [3.8, 4) is 16.3 Å². The van der Waals surface area contributed by atoms with Crippen LogP contribution >= 0.6 is 39.0 Å². The van der Waals surface area contributed by atoms with E-state index in [9.17, 15) is 0 Å². The summed E-state index contributed by atoms with van der Waals surface area (Å²) in [7, 11) is 1.68. The highest BCUT2D eigenvalue weighted by Gasteiger charge is 2.14. The first-order valence-electron chi connectivity index (χ1n) is 8.99. The van der Waals surface area contributed by atoms with Gasteiger partial charge in [-0.25, -0.2) is 4.98 Å². The van der Waals surface area contributed by atoms with Crippen LogP contribution in [0.2, 0.25) is 0 Å². The van der Waals surface area contributed by atoms with E-state index in [1.165, 1.54) is 5.56 Å². The summed E-state index contributed by atoms with van der Waals surface area (Å²) in [5.74, 6) is 2.47. The fraction of sp³-hybridized carbons (Fsp3) is 0.190. The number of rotatable bonds is 7. The Morgan fingerprint density at radius 3 is 2.76 bits per heavy atom. The third kappa shape index (κ3) is 4.71. The van der Waals surface area contributed by atoms with E-state index in [2.05, 4.69) is 60.3 Å². The number of ether oxygens (including phenoxy) is 1. The number of thiazole rings is 1. The SMILES string of the molecule is COc1ccc(Br)cc1-c1nc(CSc2nnc(C)n2Cc2ccccc2)cs1. The van der Waals surface area contributed by atoms with Gasteiger partial charge in [0.25, 0.3) is 0 Å². The summed E-state index contributed by atoms with van der Waals surface area (Å²) in [5.41, 5.74) is 3.24. The quantitative estimate of drug-likeness (QED) is 0.308. The molecule has 0 atom stereocenters. The molecule has 0 amide bonds. The third-order valence-electron chi connectivity index (χ3n) is 4.38. The molecule has 5 nitrogen and oxygen atoms in total. The minimum atomic E-state index is 0.736. The lowest BCUT2D eigenvalue weighted by atomic mass is 10.2. The van der Waals surface area contributed by atoms with Crippen LogP contribution in [0.3, 0.4) is 0 Å². The fourth-order valence-corrected chi connectivity index (χ4v) is 5.08. The van der Waals surface area contributed by atoms with Gasteiger partial charge in [-0.1, -0.05) is 58.0 Å². The Balaban J connectivity index is 1.49. The molecule has 0 unspecified atom stereocenters. The molecule has 0 fully saturated rings. The molecule has 0 aliphatic rings. The van der Waals surface area contributed by atoms with Crippen molar-refractivity contribution in [1.29, 1.82) is 0 Å². The van der Waals surface area contributed by atoms with E-state index >= 15 is 0 Å². The number of nitrogens with zero attached hydrogens (tertiary/aromatic N) is 4. The lowest BCUT2D eigenvalue weighted by Crippen LogP contribution is -2.03. The molecule has 4 rings (SSSR count). The topological polar surface area (TPSA) is 52.8 Å². The second kappa shape index (κ2) is 9.11. The Morgan fingerprint density at radius 1 is 1.14 bits per heavy atom. The van der Waals surface area contributed by atoms with Crippen molar-refractivity contribution in [2.75, 3.05) is 7.11 Å². The summed E-state index contributed by atoms with van der Waals surface area (Å²) in [5, 5.41) is 12.6. The van der Waals surface area contributed by atoms with E-state index in [0.717, 1.165) is 49.8 Å². The van der Waals surface area contributed by atoms with Crippen molar-refractivity contribution in [3.05, 3.63) is 75.5 Å². The molecule has 29 heavy (non-hydrogen) atoms. The number of thioether (sulfide) groups is 1. The Hall–Kier alpha value is -2.16. The van der Waals surface area contributed by atoms with Gasteiger partial charge in [-0.05, 0) is 30.7 Å². The molecule has 0 N–H and O–H groups in total.